The van der Waals surface area contributed by atoms with E-state index in [1.165, 1.54) is 30.3 Å². The van der Waals surface area contributed by atoms with Gasteiger partial charge in [0, 0.05) is 5.92 Å². The summed E-state index contributed by atoms with van der Waals surface area (Å²) in [7, 11) is -3.72. The highest BCUT2D eigenvalue weighted by molar-refractivity contribution is 7.92. The van der Waals surface area contributed by atoms with Crippen molar-refractivity contribution in [3.05, 3.63) is 65.5 Å². The van der Waals surface area contributed by atoms with E-state index < -0.39 is 39.0 Å². The van der Waals surface area contributed by atoms with Crippen LogP contribution >= 0.6 is 0 Å². The zero-order chi connectivity index (χ0) is 16.8. The summed E-state index contributed by atoms with van der Waals surface area (Å²) < 4.78 is 39.2. The molecule has 0 aliphatic heterocycles. The molecule has 0 amide bonds. The van der Waals surface area contributed by atoms with E-state index in [4.69, 9.17) is 5.73 Å². The fraction of sp³-hybridized carbons (Fsp3) is 0.294. The maximum atomic E-state index is 13.4. The third kappa shape index (κ3) is 2.56. The summed E-state index contributed by atoms with van der Waals surface area (Å²) in [5.74, 6) is -1.09. The summed E-state index contributed by atoms with van der Waals surface area (Å²) in [5, 5.41) is 8.64. The van der Waals surface area contributed by atoms with Gasteiger partial charge in [-0.25, -0.2) is 12.8 Å². The van der Waals surface area contributed by atoms with Crippen molar-refractivity contribution in [2.75, 3.05) is 6.61 Å². The van der Waals surface area contributed by atoms with E-state index in [2.05, 4.69) is 0 Å². The van der Waals surface area contributed by atoms with Crippen LogP contribution in [0.25, 0.3) is 0 Å². The minimum absolute atomic E-state index is 0.162. The lowest BCUT2D eigenvalue weighted by atomic mass is 10.1. The van der Waals surface area contributed by atoms with Crippen molar-refractivity contribution in [1.82, 2.24) is 0 Å². The van der Waals surface area contributed by atoms with Gasteiger partial charge in [-0.3, -0.25) is 0 Å². The van der Waals surface area contributed by atoms with Crippen molar-refractivity contribution in [3.63, 3.8) is 0 Å². The molecule has 3 rings (SSSR count). The zero-order valence-corrected chi connectivity index (χ0v) is 13.4. The second-order valence-electron chi connectivity index (χ2n) is 6.08. The fourth-order valence-electron chi connectivity index (χ4n) is 3.14. The van der Waals surface area contributed by atoms with E-state index in [0.29, 0.717) is 5.56 Å². The molecule has 4 nitrogen and oxygen atoms in total. The molecule has 0 bridgehead atoms. The third-order valence-electron chi connectivity index (χ3n) is 4.47. The maximum Gasteiger partial charge on any atom is 0.183 e. The van der Waals surface area contributed by atoms with Crippen LogP contribution in [0.2, 0.25) is 0 Å². The van der Waals surface area contributed by atoms with Gasteiger partial charge in [0.05, 0.1) is 22.3 Å². The Hall–Kier alpha value is -1.76. The van der Waals surface area contributed by atoms with Gasteiger partial charge in [0.25, 0.3) is 0 Å². The number of benzene rings is 2. The first-order chi connectivity index (χ1) is 10.8. The number of hydrogen-bond acceptors (Lipinski definition) is 4. The zero-order valence-electron chi connectivity index (χ0n) is 12.6. The van der Waals surface area contributed by atoms with Crippen LogP contribution in [0.4, 0.5) is 4.39 Å². The molecule has 122 valence electrons. The molecule has 23 heavy (non-hydrogen) atoms. The Morgan fingerprint density at radius 2 is 1.87 bits per heavy atom. The second kappa shape index (κ2) is 5.40. The van der Waals surface area contributed by atoms with Crippen LogP contribution in [0.3, 0.4) is 0 Å². The molecule has 0 spiro atoms. The number of hydrogen-bond donors (Lipinski definition) is 2. The van der Waals surface area contributed by atoms with E-state index in [1.807, 2.05) is 6.92 Å². The van der Waals surface area contributed by atoms with Crippen LogP contribution in [0.1, 0.15) is 17.0 Å². The highest BCUT2D eigenvalue weighted by Crippen LogP contribution is 2.55. The van der Waals surface area contributed by atoms with Gasteiger partial charge >= 0.3 is 0 Å². The molecule has 1 aliphatic carbocycles. The summed E-state index contributed by atoms with van der Waals surface area (Å²) in [6.45, 7) is 1.38. The lowest BCUT2D eigenvalue weighted by molar-refractivity contribution is 0.253. The molecule has 0 saturated heterocycles. The van der Waals surface area contributed by atoms with Crippen LogP contribution in [-0.4, -0.2) is 30.9 Å². The Labute approximate surface area is 134 Å². The number of halogens is 1. The number of aryl methyl sites for hydroxylation is 1. The third-order valence-corrected chi connectivity index (χ3v) is 6.78. The van der Waals surface area contributed by atoms with Crippen molar-refractivity contribution in [3.8, 4) is 0 Å². The Morgan fingerprint density at radius 1 is 1.22 bits per heavy atom. The molecule has 3 atom stereocenters. The average molecular weight is 335 g/mol. The van der Waals surface area contributed by atoms with Crippen molar-refractivity contribution in [1.29, 1.82) is 0 Å². The van der Waals surface area contributed by atoms with Gasteiger partial charge < -0.3 is 10.8 Å². The summed E-state index contributed by atoms with van der Waals surface area (Å²) in [6.07, 6.45) is 0. The molecule has 6 heteroatoms. The van der Waals surface area contributed by atoms with Crippen LogP contribution < -0.4 is 5.73 Å². The highest BCUT2D eigenvalue weighted by atomic mass is 32.2. The van der Waals surface area contributed by atoms with Crippen molar-refractivity contribution >= 4 is 9.84 Å². The Kier molecular flexibility index (Phi) is 3.78. The molecular weight excluding hydrogens is 317 g/mol. The Balaban J connectivity index is 2.03. The molecule has 0 radical (unpaired) electrons. The maximum absolute atomic E-state index is 13.4. The number of sulfone groups is 1. The van der Waals surface area contributed by atoms with Gasteiger partial charge in [0.1, 0.15) is 5.82 Å². The Bertz CT molecular complexity index is 835. The first-order valence-corrected chi connectivity index (χ1v) is 8.81. The predicted octanol–water partition coefficient (Wildman–Crippen LogP) is 1.76. The van der Waals surface area contributed by atoms with Gasteiger partial charge in [-0.15, -0.1) is 0 Å². The van der Waals surface area contributed by atoms with Gasteiger partial charge in [0.15, 0.2) is 9.84 Å². The number of aliphatic hydroxyl groups is 1. The van der Waals surface area contributed by atoms with Crippen LogP contribution in [0, 0.1) is 12.7 Å². The fourth-order valence-corrected chi connectivity index (χ4v) is 5.44. The smallest absolute Gasteiger partial charge is 0.183 e. The molecule has 2 aromatic rings. The number of aliphatic hydroxyl groups excluding tert-OH is 1. The Morgan fingerprint density at radius 3 is 2.43 bits per heavy atom. The summed E-state index contributed by atoms with van der Waals surface area (Å²) in [6, 6.07) is 12.2. The number of nitrogens with two attached hydrogens (primary N) is 1. The molecule has 0 heterocycles. The lowest BCUT2D eigenvalue weighted by Crippen LogP contribution is -2.35. The molecule has 0 unspecified atom stereocenters. The summed E-state index contributed by atoms with van der Waals surface area (Å²) in [5.41, 5.74) is 6.26. The van der Waals surface area contributed by atoms with Crippen molar-refractivity contribution in [2.45, 2.75) is 28.5 Å². The molecular formula is C17H18FNO3S. The molecule has 3 N–H and O–H groups in total. The number of rotatable bonds is 4. The quantitative estimate of drug-likeness (QED) is 0.892. The molecule has 1 aliphatic rings. The average Bonchev–Trinajstić information content (AvgIpc) is 3.15. The van der Waals surface area contributed by atoms with Gasteiger partial charge in [-0.05, 0) is 36.8 Å². The van der Waals surface area contributed by atoms with Crippen molar-refractivity contribution in [2.24, 2.45) is 5.73 Å². The van der Waals surface area contributed by atoms with Crippen molar-refractivity contribution < 1.29 is 17.9 Å². The topological polar surface area (TPSA) is 80.4 Å². The van der Waals surface area contributed by atoms with Gasteiger partial charge in [0.2, 0.25) is 0 Å². The summed E-state index contributed by atoms with van der Waals surface area (Å²) in [4.78, 5) is 0.162. The first kappa shape index (κ1) is 16.1. The standard InChI is InChI=1S/C17H18FNO3S/c1-11-5-7-14(8-6-11)23(21,22)16-15(17(16,19)10-20)12-3-2-4-13(18)9-12/h2-9,15-16,20H,10,19H2,1H3/t15-,16-,17+/m1/s1. The molecule has 1 fully saturated rings. The SMILES string of the molecule is Cc1ccc(S(=O)(=O)[C@@H]2[C@@H](c3cccc(F)c3)[C@@]2(N)CO)cc1. The van der Waals surface area contributed by atoms with E-state index >= 15 is 0 Å². The van der Waals surface area contributed by atoms with E-state index in [9.17, 15) is 17.9 Å². The van der Waals surface area contributed by atoms with Crippen LogP contribution in [0.5, 0.6) is 0 Å². The van der Waals surface area contributed by atoms with E-state index in [1.54, 1.807) is 18.2 Å². The molecule has 1 saturated carbocycles. The largest absolute Gasteiger partial charge is 0.394 e. The minimum Gasteiger partial charge on any atom is -0.394 e. The van der Waals surface area contributed by atoms with Gasteiger partial charge in [-0.1, -0.05) is 29.8 Å². The minimum atomic E-state index is -3.72. The monoisotopic (exact) mass is 335 g/mol. The van der Waals surface area contributed by atoms with Gasteiger partial charge in [-0.2, -0.15) is 0 Å². The van der Waals surface area contributed by atoms with Crippen LogP contribution in [0.15, 0.2) is 53.4 Å². The van der Waals surface area contributed by atoms with Crippen LogP contribution in [-0.2, 0) is 9.84 Å². The van der Waals surface area contributed by atoms with E-state index in [-0.39, 0.29) is 4.90 Å². The normalized spacial score (nSPS) is 27.0. The highest BCUT2D eigenvalue weighted by Gasteiger charge is 2.69. The first-order valence-electron chi connectivity index (χ1n) is 7.26. The molecule has 2 aromatic carbocycles. The molecule has 0 aromatic heterocycles. The summed E-state index contributed by atoms with van der Waals surface area (Å²) >= 11 is 0. The van der Waals surface area contributed by atoms with E-state index in [0.717, 1.165) is 5.56 Å². The second-order valence-corrected chi connectivity index (χ2v) is 8.15. The lowest BCUT2D eigenvalue weighted by Gasteiger charge is -2.08. The predicted molar refractivity (Wildman–Crippen MR) is 85.3 cm³/mol.